The minimum absolute atomic E-state index is 0.0715. The Bertz CT molecular complexity index is 1730. The molecule has 0 spiro atoms. The van der Waals surface area contributed by atoms with E-state index in [4.69, 9.17) is 17.0 Å². The summed E-state index contributed by atoms with van der Waals surface area (Å²) in [6.07, 6.45) is -4.42. The number of aromatic nitrogens is 1. The van der Waals surface area contributed by atoms with Crippen LogP contribution in [0.1, 0.15) is 41.2 Å². The lowest BCUT2D eigenvalue weighted by Crippen LogP contribution is -2.55. The first-order valence-electron chi connectivity index (χ1n) is 15.2. The van der Waals surface area contributed by atoms with E-state index in [2.05, 4.69) is 27.1 Å². The third-order valence-electron chi connectivity index (χ3n) is 8.96. The third kappa shape index (κ3) is 7.45. The fraction of sp³-hybridized carbons (Fsp3) is 0.314. The molecular weight excluding hydrogens is 638 g/mol. The summed E-state index contributed by atoms with van der Waals surface area (Å²) >= 11 is 5.32. The molecule has 0 amide bonds. The molecule has 1 aromatic heterocycles. The minimum atomic E-state index is -4.98. The summed E-state index contributed by atoms with van der Waals surface area (Å²) in [5, 5.41) is 6.01. The number of ether oxygens (including phenoxy) is 1. The summed E-state index contributed by atoms with van der Waals surface area (Å²) in [4.78, 5) is 7.01. The van der Waals surface area contributed by atoms with Gasteiger partial charge in [-0.1, -0.05) is 36.4 Å². The van der Waals surface area contributed by atoms with Crippen LogP contribution in [0.3, 0.4) is 0 Å². The third-order valence-corrected chi connectivity index (χ3v) is 9.17. The number of alkyl halides is 6. The van der Waals surface area contributed by atoms with Gasteiger partial charge in [0.1, 0.15) is 0 Å². The van der Waals surface area contributed by atoms with Crippen molar-refractivity contribution in [3.8, 4) is 0 Å². The van der Waals surface area contributed by atoms with Gasteiger partial charge in [-0.3, -0.25) is 9.88 Å². The molecule has 4 heterocycles. The van der Waals surface area contributed by atoms with Crippen molar-refractivity contribution in [3.63, 3.8) is 0 Å². The van der Waals surface area contributed by atoms with E-state index in [0.717, 1.165) is 42.4 Å². The maximum Gasteiger partial charge on any atom is 0.416 e. The number of anilines is 2. The topological polar surface area (TPSA) is 49.4 Å². The molecule has 3 aromatic carbocycles. The van der Waals surface area contributed by atoms with Crippen molar-refractivity contribution in [1.82, 2.24) is 9.88 Å². The molecule has 0 aliphatic carbocycles. The number of rotatable bonds is 8. The molecule has 3 fully saturated rings. The van der Waals surface area contributed by atoms with Crippen LogP contribution >= 0.6 is 12.2 Å². The Labute approximate surface area is 273 Å². The van der Waals surface area contributed by atoms with E-state index in [1.165, 1.54) is 0 Å². The first-order valence-corrected chi connectivity index (χ1v) is 15.6. The first-order chi connectivity index (χ1) is 22.4. The van der Waals surface area contributed by atoms with Gasteiger partial charge in [0.2, 0.25) is 0 Å². The van der Waals surface area contributed by atoms with Gasteiger partial charge in [-0.05, 0) is 97.0 Å². The Kier molecular flexibility index (Phi) is 9.28. The fourth-order valence-electron chi connectivity index (χ4n) is 6.67. The van der Waals surface area contributed by atoms with E-state index in [0.29, 0.717) is 41.8 Å². The number of pyridine rings is 1. The van der Waals surface area contributed by atoms with Crippen LogP contribution < -0.4 is 10.6 Å². The molecule has 1 unspecified atom stereocenters. The molecule has 7 rings (SSSR count). The van der Waals surface area contributed by atoms with Gasteiger partial charge in [0.25, 0.3) is 0 Å². The number of nitrogens with one attached hydrogen (secondary N) is 2. The van der Waals surface area contributed by atoms with Gasteiger partial charge in [0.05, 0.1) is 29.4 Å². The fourth-order valence-corrected chi connectivity index (χ4v) is 6.91. The summed E-state index contributed by atoms with van der Waals surface area (Å²) in [5.41, 5.74) is -0.174. The van der Waals surface area contributed by atoms with Gasteiger partial charge < -0.3 is 15.4 Å². The summed E-state index contributed by atoms with van der Waals surface area (Å²) < 4.78 is 87.0. The first kappa shape index (κ1) is 32.9. The lowest BCUT2D eigenvalue weighted by atomic mass is 9.73. The minimum Gasteiger partial charge on any atom is -0.367 e. The van der Waals surface area contributed by atoms with Crippen LogP contribution in [0.4, 0.5) is 37.7 Å². The van der Waals surface area contributed by atoms with Gasteiger partial charge in [-0.2, -0.15) is 26.3 Å². The maximum atomic E-state index is 13.4. The maximum absolute atomic E-state index is 13.4. The van der Waals surface area contributed by atoms with E-state index in [9.17, 15) is 26.3 Å². The molecule has 3 saturated heterocycles. The number of piperidine rings is 3. The quantitative estimate of drug-likeness (QED) is 0.111. The summed E-state index contributed by atoms with van der Waals surface area (Å²) in [7, 11) is 0. The summed E-state index contributed by atoms with van der Waals surface area (Å²) in [6, 6.07) is 18.5. The highest BCUT2D eigenvalue weighted by Crippen LogP contribution is 2.44. The second kappa shape index (κ2) is 13.2. The predicted molar refractivity (Wildman–Crippen MR) is 174 cm³/mol. The number of hydrogen-bond donors (Lipinski definition) is 2. The number of hydrogen-bond acceptors (Lipinski definition) is 4. The number of benzene rings is 3. The Morgan fingerprint density at radius 3 is 2.30 bits per heavy atom. The van der Waals surface area contributed by atoms with Crippen molar-refractivity contribution in [2.24, 2.45) is 11.8 Å². The van der Waals surface area contributed by atoms with Crippen LogP contribution in [0.5, 0.6) is 0 Å². The molecule has 2 N–H and O–H groups in total. The van der Waals surface area contributed by atoms with Crippen molar-refractivity contribution in [2.75, 3.05) is 23.7 Å². The van der Waals surface area contributed by atoms with Crippen molar-refractivity contribution >= 4 is 39.6 Å². The van der Waals surface area contributed by atoms with E-state index in [-0.39, 0.29) is 23.3 Å². The molecule has 0 saturated carbocycles. The molecular formula is C35H32F6N4OS. The molecule has 47 heavy (non-hydrogen) atoms. The van der Waals surface area contributed by atoms with E-state index in [1.807, 2.05) is 48.5 Å². The molecule has 3 aliphatic rings. The highest BCUT2D eigenvalue weighted by molar-refractivity contribution is 7.80. The Balaban J connectivity index is 1.29. The summed E-state index contributed by atoms with van der Waals surface area (Å²) in [6.45, 7) is 6.32. The number of halogens is 6. The van der Waals surface area contributed by atoms with E-state index < -0.39 is 29.2 Å². The lowest BCUT2D eigenvalue weighted by Gasteiger charge is -2.51. The molecule has 12 heteroatoms. The SMILES string of the molecule is C=C[C@H]1CN2CC[C@H]1C[C@H]2[C@@H](OCc1ccccc1)c1ccnc2ccc(NC(=S)Nc3cc(C(F)(F)F)cc(C(F)(F)F)c3)cc12. The average Bonchev–Trinajstić information content (AvgIpc) is 3.04. The predicted octanol–water partition coefficient (Wildman–Crippen LogP) is 9.24. The van der Waals surface area contributed by atoms with Crippen LogP contribution in [0.25, 0.3) is 10.9 Å². The normalized spacial score (nSPS) is 21.7. The molecule has 2 bridgehead atoms. The van der Waals surface area contributed by atoms with Gasteiger partial charge in [-0.15, -0.1) is 6.58 Å². The molecule has 3 aliphatic heterocycles. The zero-order valence-electron chi connectivity index (χ0n) is 25.1. The summed E-state index contributed by atoms with van der Waals surface area (Å²) in [5.74, 6) is 0.935. The Hall–Kier alpha value is -4.00. The average molecular weight is 671 g/mol. The second-order valence-corrected chi connectivity index (χ2v) is 12.4. The zero-order chi connectivity index (χ0) is 33.3. The highest BCUT2D eigenvalue weighted by Gasteiger charge is 2.43. The number of thiocarbonyl (C=S) groups is 1. The lowest BCUT2D eigenvalue weighted by molar-refractivity contribution is -0.143. The van der Waals surface area contributed by atoms with E-state index >= 15 is 0 Å². The van der Waals surface area contributed by atoms with Gasteiger partial charge in [0, 0.05) is 35.5 Å². The highest BCUT2D eigenvalue weighted by atomic mass is 32.1. The Morgan fingerprint density at radius 1 is 0.957 bits per heavy atom. The van der Waals surface area contributed by atoms with Gasteiger partial charge >= 0.3 is 12.4 Å². The van der Waals surface area contributed by atoms with Gasteiger partial charge in [-0.25, -0.2) is 0 Å². The van der Waals surface area contributed by atoms with Crippen LogP contribution in [-0.2, 0) is 23.7 Å². The van der Waals surface area contributed by atoms with Crippen molar-refractivity contribution < 1.29 is 31.1 Å². The van der Waals surface area contributed by atoms with Crippen LogP contribution in [-0.4, -0.2) is 34.1 Å². The Morgan fingerprint density at radius 2 is 1.66 bits per heavy atom. The van der Waals surface area contributed by atoms with Gasteiger partial charge in [0.15, 0.2) is 5.11 Å². The second-order valence-electron chi connectivity index (χ2n) is 12.0. The van der Waals surface area contributed by atoms with Crippen LogP contribution in [0, 0.1) is 11.8 Å². The van der Waals surface area contributed by atoms with Crippen molar-refractivity contribution in [3.05, 3.63) is 114 Å². The van der Waals surface area contributed by atoms with Crippen LogP contribution in [0.15, 0.2) is 91.6 Å². The number of fused-ring (bicyclic) bond motifs is 4. The molecule has 246 valence electrons. The zero-order valence-corrected chi connectivity index (χ0v) is 25.9. The molecule has 5 atom stereocenters. The van der Waals surface area contributed by atoms with E-state index in [1.54, 1.807) is 18.3 Å². The molecule has 5 nitrogen and oxygen atoms in total. The number of nitrogens with zero attached hydrogens (tertiary/aromatic N) is 2. The monoisotopic (exact) mass is 670 g/mol. The molecule has 0 radical (unpaired) electrons. The van der Waals surface area contributed by atoms with Crippen molar-refractivity contribution in [1.29, 1.82) is 0 Å². The smallest absolute Gasteiger partial charge is 0.367 e. The largest absolute Gasteiger partial charge is 0.416 e. The standard InChI is InChI=1S/C35H32F6N4OS/c1-2-22-19-45-13-11-23(22)14-31(45)32(46-20-21-6-4-3-5-7-21)28-10-12-42-30-9-8-26(18-29(28)30)43-33(47)44-27-16-24(34(36,37)38)15-25(17-27)35(39,40)41/h2-10,12,15-18,22-23,31-32H,1,11,13-14,19-20H2,(H2,43,44,47)/t22-,23-,31-,32-/m0/s1. The molecule has 4 aromatic rings. The van der Waals surface area contributed by atoms with Crippen LogP contribution in [0.2, 0.25) is 0 Å². The van der Waals surface area contributed by atoms with Crippen molar-refractivity contribution in [2.45, 2.75) is 43.9 Å².